The second kappa shape index (κ2) is 6.78. The molecule has 2 heterocycles. The Morgan fingerprint density at radius 1 is 1.26 bits per heavy atom. The van der Waals surface area contributed by atoms with E-state index in [0.717, 1.165) is 36.7 Å². The molecule has 0 radical (unpaired) electrons. The summed E-state index contributed by atoms with van der Waals surface area (Å²) in [5.41, 5.74) is 0.941. The SMILES string of the molecule is CCCCNc1nc(C)cc(NCc2ccco2)n1. The van der Waals surface area contributed by atoms with Gasteiger partial charge >= 0.3 is 0 Å². The first-order valence-corrected chi connectivity index (χ1v) is 6.63. The van der Waals surface area contributed by atoms with E-state index < -0.39 is 0 Å². The maximum Gasteiger partial charge on any atom is 0.224 e. The van der Waals surface area contributed by atoms with Gasteiger partial charge < -0.3 is 15.1 Å². The Labute approximate surface area is 113 Å². The molecule has 0 saturated heterocycles. The monoisotopic (exact) mass is 260 g/mol. The van der Waals surface area contributed by atoms with Crippen LogP contribution in [0.2, 0.25) is 0 Å². The van der Waals surface area contributed by atoms with Gasteiger partial charge in [0.05, 0.1) is 12.8 Å². The molecule has 2 rings (SSSR count). The van der Waals surface area contributed by atoms with E-state index in [1.807, 2.05) is 25.1 Å². The normalized spacial score (nSPS) is 10.4. The standard InChI is InChI=1S/C14H20N4O/c1-3-4-7-15-14-17-11(2)9-13(18-14)16-10-12-6-5-8-19-12/h5-6,8-9H,3-4,7,10H2,1-2H3,(H2,15,16,17,18). The minimum Gasteiger partial charge on any atom is -0.467 e. The average Bonchev–Trinajstić information content (AvgIpc) is 2.89. The summed E-state index contributed by atoms with van der Waals surface area (Å²) in [5.74, 6) is 2.37. The van der Waals surface area contributed by atoms with Crippen LogP contribution in [0.15, 0.2) is 28.9 Å². The molecule has 5 heteroatoms. The molecule has 19 heavy (non-hydrogen) atoms. The van der Waals surface area contributed by atoms with Crippen molar-refractivity contribution in [2.24, 2.45) is 0 Å². The molecule has 5 nitrogen and oxygen atoms in total. The summed E-state index contributed by atoms with van der Waals surface area (Å²) in [6.45, 7) is 5.65. The largest absolute Gasteiger partial charge is 0.467 e. The molecule has 0 atom stereocenters. The van der Waals surface area contributed by atoms with Crippen LogP contribution in [-0.4, -0.2) is 16.5 Å². The minimum atomic E-state index is 0.623. The first-order valence-electron chi connectivity index (χ1n) is 6.63. The molecule has 0 spiro atoms. The predicted octanol–water partition coefficient (Wildman–Crippen LogP) is 3.20. The minimum absolute atomic E-state index is 0.623. The highest BCUT2D eigenvalue weighted by molar-refractivity contribution is 5.42. The molecule has 2 aromatic rings. The maximum atomic E-state index is 5.27. The Balaban J connectivity index is 1.95. The topological polar surface area (TPSA) is 63.0 Å². The number of rotatable bonds is 7. The fourth-order valence-electron chi connectivity index (χ4n) is 1.71. The Bertz CT molecular complexity index is 496. The van der Waals surface area contributed by atoms with E-state index in [1.54, 1.807) is 6.26 Å². The molecule has 0 fully saturated rings. The van der Waals surface area contributed by atoms with E-state index >= 15 is 0 Å². The maximum absolute atomic E-state index is 5.27. The van der Waals surface area contributed by atoms with E-state index in [0.29, 0.717) is 12.5 Å². The van der Waals surface area contributed by atoms with Gasteiger partial charge in [-0.25, -0.2) is 4.98 Å². The zero-order valence-electron chi connectivity index (χ0n) is 11.4. The van der Waals surface area contributed by atoms with Gasteiger partial charge in [-0.3, -0.25) is 0 Å². The van der Waals surface area contributed by atoms with E-state index in [-0.39, 0.29) is 0 Å². The molecule has 2 N–H and O–H groups in total. The van der Waals surface area contributed by atoms with Crippen LogP contribution in [0.3, 0.4) is 0 Å². The van der Waals surface area contributed by atoms with Crippen molar-refractivity contribution in [2.75, 3.05) is 17.2 Å². The van der Waals surface area contributed by atoms with Crippen LogP contribution in [0.4, 0.5) is 11.8 Å². The van der Waals surface area contributed by atoms with Gasteiger partial charge in [-0.2, -0.15) is 4.98 Å². The summed E-state index contributed by atoms with van der Waals surface area (Å²) >= 11 is 0. The summed E-state index contributed by atoms with van der Waals surface area (Å²) in [5, 5.41) is 6.47. The lowest BCUT2D eigenvalue weighted by atomic mass is 10.3. The number of aryl methyl sites for hydroxylation is 1. The number of hydrogen-bond acceptors (Lipinski definition) is 5. The molecule has 0 saturated carbocycles. The lowest BCUT2D eigenvalue weighted by Crippen LogP contribution is -2.08. The molecule has 102 valence electrons. The van der Waals surface area contributed by atoms with Gasteiger partial charge in [0.15, 0.2) is 0 Å². The average molecular weight is 260 g/mol. The van der Waals surface area contributed by atoms with Crippen LogP contribution in [-0.2, 0) is 6.54 Å². The fourth-order valence-corrected chi connectivity index (χ4v) is 1.71. The third-order valence-corrected chi connectivity index (χ3v) is 2.69. The molecule has 0 amide bonds. The highest BCUT2D eigenvalue weighted by Gasteiger charge is 2.02. The quantitative estimate of drug-likeness (QED) is 0.748. The van der Waals surface area contributed by atoms with Gasteiger partial charge in [-0.05, 0) is 25.5 Å². The number of anilines is 2. The number of nitrogens with one attached hydrogen (secondary N) is 2. The molecule has 0 aliphatic carbocycles. The molecular formula is C14H20N4O. The van der Waals surface area contributed by atoms with Crippen molar-refractivity contribution < 1.29 is 4.42 Å². The van der Waals surface area contributed by atoms with Gasteiger partial charge in [0.2, 0.25) is 5.95 Å². The smallest absolute Gasteiger partial charge is 0.224 e. The van der Waals surface area contributed by atoms with E-state index in [9.17, 15) is 0 Å². The van der Waals surface area contributed by atoms with E-state index in [2.05, 4.69) is 27.5 Å². The van der Waals surface area contributed by atoms with Crippen molar-refractivity contribution >= 4 is 11.8 Å². The Morgan fingerprint density at radius 3 is 2.89 bits per heavy atom. The third kappa shape index (κ3) is 4.28. The van der Waals surface area contributed by atoms with Crippen LogP contribution >= 0.6 is 0 Å². The Morgan fingerprint density at radius 2 is 2.16 bits per heavy atom. The molecule has 0 aliphatic heterocycles. The van der Waals surface area contributed by atoms with Gasteiger partial charge in [0.25, 0.3) is 0 Å². The summed E-state index contributed by atoms with van der Waals surface area (Å²) in [6, 6.07) is 5.73. The summed E-state index contributed by atoms with van der Waals surface area (Å²) in [6.07, 6.45) is 3.94. The van der Waals surface area contributed by atoms with Crippen LogP contribution in [0.1, 0.15) is 31.2 Å². The van der Waals surface area contributed by atoms with Crippen molar-refractivity contribution in [1.82, 2.24) is 9.97 Å². The molecule has 0 unspecified atom stereocenters. The van der Waals surface area contributed by atoms with Gasteiger partial charge in [-0.15, -0.1) is 0 Å². The van der Waals surface area contributed by atoms with Gasteiger partial charge in [-0.1, -0.05) is 13.3 Å². The molecule has 2 aromatic heterocycles. The molecule has 0 aromatic carbocycles. The van der Waals surface area contributed by atoms with Crippen molar-refractivity contribution in [1.29, 1.82) is 0 Å². The number of hydrogen-bond donors (Lipinski definition) is 2. The van der Waals surface area contributed by atoms with E-state index in [4.69, 9.17) is 4.42 Å². The highest BCUT2D eigenvalue weighted by atomic mass is 16.3. The van der Waals surface area contributed by atoms with Crippen molar-refractivity contribution in [3.8, 4) is 0 Å². The van der Waals surface area contributed by atoms with Crippen molar-refractivity contribution in [2.45, 2.75) is 33.2 Å². The second-order valence-electron chi connectivity index (χ2n) is 4.43. The Kier molecular flexibility index (Phi) is 4.78. The lowest BCUT2D eigenvalue weighted by Gasteiger charge is -2.08. The number of furan rings is 1. The number of aromatic nitrogens is 2. The lowest BCUT2D eigenvalue weighted by molar-refractivity contribution is 0.518. The predicted molar refractivity (Wildman–Crippen MR) is 76.2 cm³/mol. The van der Waals surface area contributed by atoms with Crippen LogP contribution in [0, 0.1) is 6.92 Å². The molecule has 0 bridgehead atoms. The zero-order valence-corrected chi connectivity index (χ0v) is 11.4. The first kappa shape index (κ1) is 13.4. The van der Waals surface area contributed by atoms with Crippen LogP contribution in [0.25, 0.3) is 0 Å². The summed E-state index contributed by atoms with van der Waals surface area (Å²) in [4.78, 5) is 8.79. The van der Waals surface area contributed by atoms with Crippen molar-refractivity contribution in [3.05, 3.63) is 35.9 Å². The fraction of sp³-hybridized carbons (Fsp3) is 0.429. The Hall–Kier alpha value is -2.04. The molecule has 0 aliphatic rings. The number of unbranched alkanes of at least 4 members (excludes halogenated alkanes) is 1. The second-order valence-corrected chi connectivity index (χ2v) is 4.43. The zero-order chi connectivity index (χ0) is 13.5. The summed E-state index contributed by atoms with van der Waals surface area (Å²) in [7, 11) is 0. The summed E-state index contributed by atoms with van der Waals surface area (Å²) < 4.78 is 5.27. The molecular weight excluding hydrogens is 240 g/mol. The highest BCUT2D eigenvalue weighted by Crippen LogP contribution is 2.11. The van der Waals surface area contributed by atoms with Crippen LogP contribution in [0.5, 0.6) is 0 Å². The van der Waals surface area contributed by atoms with Gasteiger partial charge in [0, 0.05) is 18.3 Å². The van der Waals surface area contributed by atoms with E-state index in [1.165, 1.54) is 0 Å². The van der Waals surface area contributed by atoms with Crippen molar-refractivity contribution in [3.63, 3.8) is 0 Å². The van der Waals surface area contributed by atoms with Gasteiger partial charge in [0.1, 0.15) is 11.6 Å². The first-order chi connectivity index (χ1) is 9.28. The third-order valence-electron chi connectivity index (χ3n) is 2.69. The number of nitrogens with zero attached hydrogens (tertiary/aromatic N) is 2. The van der Waals surface area contributed by atoms with Crippen LogP contribution < -0.4 is 10.6 Å².